The quantitative estimate of drug-likeness (QED) is 0.707. The maximum Gasteiger partial charge on any atom is 0.238 e. The highest BCUT2D eigenvalue weighted by molar-refractivity contribution is 8.01. The van der Waals surface area contributed by atoms with Crippen LogP contribution in [0.25, 0.3) is 5.69 Å². The van der Waals surface area contributed by atoms with Crippen molar-refractivity contribution in [1.82, 2.24) is 9.78 Å². The molecule has 0 fully saturated rings. The van der Waals surface area contributed by atoms with E-state index in [4.69, 9.17) is 4.74 Å². The van der Waals surface area contributed by atoms with E-state index >= 15 is 0 Å². The number of hydrogen-bond acceptors (Lipinski definition) is 4. The number of nitrogens with one attached hydrogen (secondary N) is 1. The number of amides is 1. The molecule has 2 unspecified atom stereocenters. The summed E-state index contributed by atoms with van der Waals surface area (Å²) in [4.78, 5) is 12.7. The SMILES string of the molecule is COc1cccc(C2SC(C)C(=O)Nc3c2c(C)nn3-c2ccc(F)cc2)c1. The average Bonchev–Trinajstić information content (AvgIpc) is 2.94. The molecule has 1 amide bonds. The number of ether oxygens (including phenoxy) is 1. The number of anilines is 1. The largest absolute Gasteiger partial charge is 0.497 e. The lowest BCUT2D eigenvalue weighted by Gasteiger charge is -2.18. The summed E-state index contributed by atoms with van der Waals surface area (Å²) in [6.07, 6.45) is 0. The number of aryl methyl sites for hydroxylation is 1. The predicted molar refractivity (Wildman–Crippen MR) is 109 cm³/mol. The summed E-state index contributed by atoms with van der Waals surface area (Å²) >= 11 is 1.57. The van der Waals surface area contributed by atoms with Crippen LogP contribution in [0.3, 0.4) is 0 Å². The van der Waals surface area contributed by atoms with Gasteiger partial charge in [0.05, 0.1) is 29.0 Å². The Balaban J connectivity index is 1.89. The Morgan fingerprint density at radius 3 is 2.68 bits per heavy atom. The van der Waals surface area contributed by atoms with Crippen molar-refractivity contribution in [3.8, 4) is 11.4 Å². The highest BCUT2D eigenvalue weighted by Gasteiger charge is 2.34. The number of carbonyl (C=O) groups is 1. The second-order valence-corrected chi connectivity index (χ2v) is 8.11. The van der Waals surface area contributed by atoms with Gasteiger partial charge in [-0.05, 0) is 55.8 Å². The van der Waals surface area contributed by atoms with Crippen molar-refractivity contribution in [1.29, 1.82) is 0 Å². The predicted octanol–water partition coefficient (Wildman–Crippen LogP) is 4.49. The molecule has 144 valence electrons. The van der Waals surface area contributed by atoms with Gasteiger partial charge < -0.3 is 10.1 Å². The normalized spacial score (nSPS) is 18.9. The highest BCUT2D eigenvalue weighted by atomic mass is 32.2. The lowest BCUT2D eigenvalue weighted by molar-refractivity contribution is -0.115. The minimum absolute atomic E-state index is 0.0834. The highest BCUT2D eigenvalue weighted by Crippen LogP contribution is 2.46. The maximum atomic E-state index is 13.4. The molecule has 0 saturated heterocycles. The number of rotatable bonds is 3. The number of hydrogen-bond donors (Lipinski definition) is 1. The van der Waals surface area contributed by atoms with Crippen LogP contribution >= 0.6 is 11.8 Å². The van der Waals surface area contributed by atoms with E-state index in [1.54, 1.807) is 35.7 Å². The Labute approximate surface area is 166 Å². The number of carbonyl (C=O) groups excluding carboxylic acids is 1. The molecule has 4 rings (SSSR count). The molecule has 28 heavy (non-hydrogen) atoms. The van der Waals surface area contributed by atoms with Crippen LogP contribution in [0.15, 0.2) is 48.5 Å². The zero-order chi connectivity index (χ0) is 19.8. The summed E-state index contributed by atoms with van der Waals surface area (Å²) < 4.78 is 20.4. The molecule has 2 atom stereocenters. The number of aromatic nitrogens is 2. The summed E-state index contributed by atoms with van der Waals surface area (Å²) in [7, 11) is 1.64. The minimum atomic E-state index is -0.318. The molecule has 5 nitrogen and oxygen atoms in total. The van der Waals surface area contributed by atoms with Crippen LogP contribution in [0, 0.1) is 12.7 Å². The summed E-state index contributed by atoms with van der Waals surface area (Å²) in [6.45, 7) is 3.82. The summed E-state index contributed by atoms with van der Waals surface area (Å²) in [6, 6.07) is 13.9. The summed E-state index contributed by atoms with van der Waals surface area (Å²) in [5.41, 5.74) is 3.49. The van der Waals surface area contributed by atoms with Crippen molar-refractivity contribution in [2.45, 2.75) is 24.3 Å². The van der Waals surface area contributed by atoms with E-state index in [1.165, 1.54) is 12.1 Å². The first-order chi connectivity index (χ1) is 13.5. The first kappa shape index (κ1) is 18.6. The molecule has 0 aliphatic carbocycles. The lowest BCUT2D eigenvalue weighted by Crippen LogP contribution is -2.22. The Kier molecular flexibility index (Phi) is 4.85. The molecule has 2 aromatic carbocycles. The van der Waals surface area contributed by atoms with E-state index in [0.29, 0.717) is 11.5 Å². The first-order valence-corrected chi connectivity index (χ1v) is 9.88. The zero-order valence-corrected chi connectivity index (χ0v) is 16.6. The van der Waals surface area contributed by atoms with Gasteiger partial charge in [0.2, 0.25) is 5.91 Å². The fourth-order valence-corrected chi connectivity index (χ4v) is 4.66. The Morgan fingerprint density at radius 2 is 1.96 bits per heavy atom. The smallest absolute Gasteiger partial charge is 0.238 e. The Morgan fingerprint density at radius 1 is 1.21 bits per heavy atom. The number of nitrogens with zero attached hydrogens (tertiary/aromatic N) is 2. The summed E-state index contributed by atoms with van der Waals surface area (Å²) in [5, 5.41) is 7.33. The number of methoxy groups -OCH3 is 1. The van der Waals surface area contributed by atoms with E-state index < -0.39 is 0 Å². The van der Waals surface area contributed by atoms with Gasteiger partial charge in [-0.3, -0.25) is 4.79 Å². The van der Waals surface area contributed by atoms with Crippen molar-refractivity contribution in [3.63, 3.8) is 0 Å². The Bertz CT molecular complexity index is 1030. The summed E-state index contributed by atoms with van der Waals surface area (Å²) in [5.74, 6) is 0.985. The molecule has 0 spiro atoms. The van der Waals surface area contributed by atoms with Gasteiger partial charge in [0.25, 0.3) is 0 Å². The van der Waals surface area contributed by atoms with Crippen LogP contribution in [0.4, 0.5) is 10.2 Å². The Hall–Kier alpha value is -2.80. The zero-order valence-electron chi connectivity index (χ0n) is 15.8. The number of benzene rings is 2. The lowest BCUT2D eigenvalue weighted by atomic mass is 10.0. The third-order valence-electron chi connectivity index (χ3n) is 4.79. The minimum Gasteiger partial charge on any atom is -0.497 e. The third-order valence-corrected chi connectivity index (χ3v) is 6.19. The molecule has 2 heterocycles. The van der Waals surface area contributed by atoms with Crippen LogP contribution in [0.1, 0.15) is 29.0 Å². The average molecular weight is 397 g/mol. The molecule has 0 saturated carbocycles. The van der Waals surface area contributed by atoms with Gasteiger partial charge in [-0.2, -0.15) is 5.10 Å². The molecule has 0 bridgehead atoms. The van der Waals surface area contributed by atoms with Gasteiger partial charge in [-0.1, -0.05) is 12.1 Å². The van der Waals surface area contributed by atoms with Crippen LogP contribution < -0.4 is 10.1 Å². The number of halogens is 1. The molecule has 0 radical (unpaired) electrons. The van der Waals surface area contributed by atoms with Crippen molar-refractivity contribution < 1.29 is 13.9 Å². The maximum absolute atomic E-state index is 13.4. The van der Waals surface area contributed by atoms with Crippen molar-refractivity contribution in [3.05, 3.63) is 71.2 Å². The van der Waals surface area contributed by atoms with E-state index in [0.717, 1.165) is 22.6 Å². The second-order valence-electron chi connectivity index (χ2n) is 6.66. The molecule has 1 aliphatic rings. The van der Waals surface area contributed by atoms with Crippen molar-refractivity contribution in [2.24, 2.45) is 0 Å². The van der Waals surface area contributed by atoms with E-state index in [-0.39, 0.29) is 22.2 Å². The second kappa shape index (κ2) is 7.31. The topological polar surface area (TPSA) is 56.1 Å². The van der Waals surface area contributed by atoms with Crippen LogP contribution in [0.5, 0.6) is 5.75 Å². The van der Waals surface area contributed by atoms with Gasteiger partial charge in [-0.15, -0.1) is 11.8 Å². The molecule has 3 aromatic rings. The van der Waals surface area contributed by atoms with Gasteiger partial charge >= 0.3 is 0 Å². The van der Waals surface area contributed by atoms with Gasteiger partial charge in [-0.25, -0.2) is 9.07 Å². The first-order valence-electron chi connectivity index (χ1n) is 8.93. The molecule has 1 aromatic heterocycles. The molecule has 7 heteroatoms. The van der Waals surface area contributed by atoms with Gasteiger partial charge in [0.1, 0.15) is 17.4 Å². The molecular weight excluding hydrogens is 377 g/mol. The van der Waals surface area contributed by atoms with Gasteiger partial charge in [0.15, 0.2) is 0 Å². The third kappa shape index (κ3) is 3.26. The molecule has 1 aliphatic heterocycles. The monoisotopic (exact) mass is 397 g/mol. The number of fused-ring (bicyclic) bond motifs is 1. The fraction of sp³-hybridized carbons (Fsp3) is 0.238. The van der Waals surface area contributed by atoms with Crippen molar-refractivity contribution >= 4 is 23.5 Å². The molecule has 1 N–H and O–H groups in total. The van der Waals surface area contributed by atoms with Crippen LogP contribution in [0.2, 0.25) is 0 Å². The van der Waals surface area contributed by atoms with Gasteiger partial charge in [0, 0.05) is 5.56 Å². The molecular formula is C21H20FN3O2S. The van der Waals surface area contributed by atoms with Crippen molar-refractivity contribution in [2.75, 3.05) is 12.4 Å². The standard InChI is InChI=1S/C21H20FN3O2S/c1-12-18-19(14-5-4-6-17(11-14)27-3)28-13(2)21(26)23-20(18)25(24-12)16-9-7-15(22)8-10-16/h4-11,13,19H,1-3H3,(H,23,26). The van der Waals surface area contributed by atoms with E-state index in [9.17, 15) is 9.18 Å². The number of thioether (sulfide) groups is 1. The van der Waals surface area contributed by atoms with Crippen LogP contribution in [-0.2, 0) is 4.79 Å². The fourth-order valence-electron chi connectivity index (χ4n) is 3.34. The van der Waals surface area contributed by atoms with Crippen LogP contribution in [-0.4, -0.2) is 28.0 Å². The van der Waals surface area contributed by atoms with E-state index in [1.807, 2.05) is 38.1 Å². The van der Waals surface area contributed by atoms with E-state index in [2.05, 4.69) is 10.4 Å².